The fourth-order valence-electron chi connectivity index (χ4n) is 2.90. The molecule has 0 unspecified atom stereocenters. The SMILES string of the molecule is COCCn1cnnc1CN(C)C(=O)[C@@H]1CC(=O)N(C(C)(C)C)C1. The van der Waals surface area contributed by atoms with Crippen molar-refractivity contribution >= 4 is 11.8 Å². The summed E-state index contributed by atoms with van der Waals surface area (Å²) in [6.07, 6.45) is 1.91. The second-order valence-corrected chi connectivity index (χ2v) is 7.20. The number of aromatic nitrogens is 3. The van der Waals surface area contributed by atoms with Gasteiger partial charge in [0.2, 0.25) is 11.8 Å². The zero-order valence-electron chi connectivity index (χ0n) is 15.2. The Kier molecular flexibility index (Phi) is 5.58. The minimum absolute atomic E-state index is 0.0311. The van der Waals surface area contributed by atoms with E-state index in [1.54, 1.807) is 30.3 Å². The lowest BCUT2D eigenvalue weighted by atomic mass is 10.1. The van der Waals surface area contributed by atoms with Crippen LogP contribution in [0.1, 0.15) is 33.0 Å². The molecule has 1 aromatic heterocycles. The van der Waals surface area contributed by atoms with Crippen LogP contribution >= 0.6 is 0 Å². The molecule has 0 N–H and O–H groups in total. The van der Waals surface area contributed by atoms with Gasteiger partial charge >= 0.3 is 0 Å². The quantitative estimate of drug-likeness (QED) is 0.756. The summed E-state index contributed by atoms with van der Waals surface area (Å²) in [6.45, 7) is 7.99. The van der Waals surface area contributed by atoms with Crippen molar-refractivity contribution in [3.8, 4) is 0 Å². The summed E-state index contributed by atoms with van der Waals surface area (Å²) in [6, 6.07) is 0. The van der Waals surface area contributed by atoms with Crippen LogP contribution in [0.15, 0.2) is 6.33 Å². The Morgan fingerprint density at radius 2 is 2.17 bits per heavy atom. The van der Waals surface area contributed by atoms with Crippen molar-refractivity contribution in [3.63, 3.8) is 0 Å². The predicted molar refractivity (Wildman–Crippen MR) is 87.9 cm³/mol. The highest BCUT2D eigenvalue weighted by atomic mass is 16.5. The first-order chi connectivity index (χ1) is 11.2. The minimum Gasteiger partial charge on any atom is -0.383 e. The van der Waals surface area contributed by atoms with Gasteiger partial charge in [0.1, 0.15) is 6.33 Å². The van der Waals surface area contributed by atoms with Gasteiger partial charge in [0, 0.05) is 39.2 Å². The molecule has 1 fully saturated rings. The van der Waals surface area contributed by atoms with Gasteiger partial charge in [-0.1, -0.05) is 0 Å². The molecule has 0 saturated carbocycles. The Hall–Kier alpha value is -1.96. The summed E-state index contributed by atoms with van der Waals surface area (Å²) in [5, 5.41) is 7.97. The molecule has 1 aliphatic rings. The van der Waals surface area contributed by atoms with E-state index < -0.39 is 0 Å². The fourth-order valence-corrected chi connectivity index (χ4v) is 2.90. The average Bonchev–Trinajstić information content (AvgIpc) is 3.10. The number of hydrogen-bond donors (Lipinski definition) is 0. The summed E-state index contributed by atoms with van der Waals surface area (Å²) >= 11 is 0. The highest BCUT2D eigenvalue weighted by molar-refractivity contribution is 5.89. The van der Waals surface area contributed by atoms with Gasteiger partial charge in [-0.25, -0.2) is 0 Å². The normalized spacial score (nSPS) is 18.3. The van der Waals surface area contributed by atoms with E-state index in [-0.39, 0.29) is 29.7 Å². The molecule has 8 heteroatoms. The van der Waals surface area contributed by atoms with E-state index in [1.165, 1.54) is 0 Å². The molecule has 0 aliphatic carbocycles. The molecule has 2 rings (SSSR count). The summed E-state index contributed by atoms with van der Waals surface area (Å²) in [4.78, 5) is 28.2. The van der Waals surface area contributed by atoms with E-state index in [9.17, 15) is 9.59 Å². The maximum Gasteiger partial charge on any atom is 0.228 e. The van der Waals surface area contributed by atoms with Crippen LogP contribution in [0.4, 0.5) is 0 Å². The molecule has 24 heavy (non-hydrogen) atoms. The van der Waals surface area contributed by atoms with E-state index in [2.05, 4.69) is 10.2 Å². The van der Waals surface area contributed by atoms with Gasteiger partial charge in [0.05, 0.1) is 19.1 Å². The molecule has 0 aromatic carbocycles. The summed E-state index contributed by atoms with van der Waals surface area (Å²) in [5.74, 6) is 0.422. The number of likely N-dealkylation sites (tertiary alicyclic amines) is 1. The van der Waals surface area contributed by atoms with Gasteiger partial charge in [-0.15, -0.1) is 10.2 Å². The van der Waals surface area contributed by atoms with Gasteiger partial charge < -0.3 is 19.1 Å². The average molecular weight is 337 g/mol. The van der Waals surface area contributed by atoms with Crippen molar-refractivity contribution in [2.75, 3.05) is 27.3 Å². The lowest BCUT2D eigenvalue weighted by Gasteiger charge is -2.32. The molecule has 1 aliphatic heterocycles. The number of carbonyl (C=O) groups excluding carboxylic acids is 2. The molecule has 134 valence electrons. The zero-order chi connectivity index (χ0) is 17.9. The maximum absolute atomic E-state index is 12.7. The van der Waals surface area contributed by atoms with E-state index in [1.807, 2.05) is 25.3 Å². The van der Waals surface area contributed by atoms with Crippen molar-refractivity contribution in [2.45, 2.75) is 45.8 Å². The molecule has 8 nitrogen and oxygen atoms in total. The predicted octanol–water partition coefficient (Wildman–Crippen LogP) is 0.530. The number of amides is 2. The highest BCUT2D eigenvalue weighted by Crippen LogP contribution is 2.27. The standard InChI is InChI=1S/C16H27N5O3/c1-16(2,3)21-9-12(8-14(21)22)15(23)19(4)10-13-18-17-11-20(13)6-7-24-5/h11-12H,6-10H2,1-5H3/t12-/m1/s1. The van der Waals surface area contributed by atoms with E-state index in [0.717, 1.165) is 0 Å². The van der Waals surface area contributed by atoms with E-state index in [4.69, 9.17) is 4.74 Å². The van der Waals surface area contributed by atoms with Crippen molar-refractivity contribution in [2.24, 2.45) is 5.92 Å². The number of nitrogens with zero attached hydrogens (tertiary/aromatic N) is 5. The monoisotopic (exact) mass is 337 g/mol. The maximum atomic E-state index is 12.7. The topological polar surface area (TPSA) is 80.6 Å². The summed E-state index contributed by atoms with van der Waals surface area (Å²) in [7, 11) is 3.37. The largest absolute Gasteiger partial charge is 0.383 e. The third-order valence-corrected chi connectivity index (χ3v) is 4.27. The van der Waals surface area contributed by atoms with Gasteiger partial charge in [-0.3, -0.25) is 9.59 Å². The van der Waals surface area contributed by atoms with Crippen molar-refractivity contribution in [3.05, 3.63) is 12.2 Å². The van der Waals surface area contributed by atoms with E-state index >= 15 is 0 Å². The Labute approximate surface area is 142 Å². The molecule has 1 atom stereocenters. The zero-order valence-corrected chi connectivity index (χ0v) is 15.2. The molecule has 2 amide bonds. The molecule has 0 spiro atoms. The smallest absolute Gasteiger partial charge is 0.228 e. The van der Waals surface area contributed by atoms with E-state index in [0.29, 0.717) is 32.1 Å². The minimum atomic E-state index is -0.294. The number of rotatable bonds is 6. The van der Waals surface area contributed by atoms with Gasteiger partial charge in [-0.05, 0) is 20.8 Å². The Morgan fingerprint density at radius 1 is 1.46 bits per heavy atom. The molecule has 0 radical (unpaired) electrons. The summed E-state index contributed by atoms with van der Waals surface area (Å²) < 4.78 is 6.93. The molecule has 1 saturated heterocycles. The lowest BCUT2D eigenvalue weighted by molar-refractivity contribution is -0.135. The first-order valence-corrected chi connectivity index (χ1v) is 8.15. The van der Waals surface area contributed by atoms with Crippen molar-refractivity contribution < 1.29 is 14.3 Å². The van der Waals surface area contributed by atoms with Crippen LogP contribution < -0.4 is 0 Å². The Bertz CT molecular complexity index is 593. The Balaban J connectivity index is 1.98. The first-order valence-electron chi connectivity index (χ1n) is 8.15. The third kappa shape index (κ3) is 4.11. The van der Waals surface area contributed by atoms with Gasteiger partial charge in [0.25, 0.3) is 0 Å². The third-order valence-electron chi connectivity index (χ3n) is 4.27. The summed E-state index contributed by atoms with van der Waals surface area (Å²) in [5.41, 5.74) is -0.259. The van der Waals surface area contributed by atoms with Crippen LogP contribution in [-0.4, -0.2) is 69.2 Å². The number of ether oxygens (including phenoxy) is 1. The first kappa shape index (κ1) is 18.4. The van der Waals surface area contributed by atoms with Crippen molar-refractivity contribution in [1.29, 1.82) is 0 Å². The molecular weight excluding hydrogens is 310 g/mol. The number of hydrogen-bond acceptors (Lipinski definition) is 5. The number of methoxy groups -OCH3 is 1. The second kappa shape index (κ2) is 7.29. The van der Waals surface area contributed by atoms with Crippen LogP contribution in [0.25, 0.3) is 0 Å². The van der Waals surface area contributed by atoms with Gasteiger partial charge in [0.15, 0.2) is 5.82 Å². The van der Waals surface area contributed by atoms with Crippen LogP contribution in [-0.2, 0) is 27.4 Å². The number of carbonyl (C=O) groups is 2. The van der Waals surface area contributed by atoms with Crippen LogP contribution in [0.5, 0.6) is 0 Å². The van der Waals surface area contributed by atoms with Crippen LogP contribution in [0.3, 0.4) is 0 Å². The Morgan fingerprint density at radius 3 is 2.75 bits per heavy atom. The van der Waals surface area contributed by atoms with Crippen LogP contribution in [0.2, 0.25) is 0 Å². The molecule has 0 bridgehead atoms. The molecular formula is C16H27N5O3. The van der Waals surface area contributed by atoms with Crippen LogP contribution in [0, 0.1) is 5.92 Å². The fraction of sp³-hybridized carbons (Fsp3) is 0.750. The lowest BCUT2D eigenvalue weighted by Crippen LogP contribution is -2.43. The highest BCUT2D eigenvalue weighted by Gasteiger charge is 2.40. The van der Waals surface area contributed by atoms with Gasteiger partial charge in [-0.2, -0.15) is 0 Å². The molecule has 2 heterocycles. The van der Waals surface area contributed by atoms with Crippen molar-refractivity contribution in [1.82, 2.24) is 24.6 Å². The molecule has 1 aromatic rings. The second-order valence-electron chi connectivity index (χ2n) is 7.20.